The summed E-state index contributed by atoms with van der Waals surface area (Å²) in [6, 6.07) is 7.27. The molecule has 1 N–H and O–H groups in total. The van der Waals surface area contributed by atoms with Crippen molar-refractivity contribution >= 4 is 39.7 Å². The number of carbonyl (C=O) groups is 1. The zero-order chi connectivity index (χ0) is 18.0. The van der Waals surface area contributed by atoms with Crippen LogP contribution in [0, 0.1) is 17.0 Å². The van der Waals surface area contributed by atoms with Gasteiger partial charge < -0.3 is 5.32 Å². The van der Waals surface area contributed by atoms with E-state index < -0.39 is 4.92 Å². The Hall–Kier alpha value is -2.78. The molecule has 8 nitrogen and oxygen atoms in total. The van der Waals surface area contributed by atoms with Crippen LogP contribution < -0.4 is 5.32 Å². The second-order valence-corrected chi connectivity index (χ2v) is 6.77. The van der Waals surface area contributed by atoms with E-state index in [0.717, 1.165) is 22.3 Å². The molecule has 128 valence electrons. The molecule has 0 fully saturated rings. The molecule has 0 spiro atoms. The maximum absolute atomic E-state index is 12.1. The first-order valence-electron chi connectivity index (χ1n) is 7.12. The monoisotopic (exact) mass is 377 g/mol. The number of aryl methyl sites for hydroxylation is 1. The van der Waals surface area contributed by atoms with Crippen LogP contribution in [-0.4, -0.2) is 25.6 Å². The van der Waals surface area contributed by atoms with E-state index in [2.05, 4.69) is 15.4 Å². The number of amides is 1. The highest BCUT2D eigenvalue weighted by atomic mass is 35.5. The van der Waals surface area contributed by atoms with Crippen LogP contribution in [0.25, 0.3) is 11.3 Å². The van der Waals surface area contributed by atoms with Crippen LogP contribution in [0.15, 0.2) is 36.7 Å². The molecule has 2 aromatic heterocycles. The van der Waals surface area contributed by atoms with Gasteiger partial charge in [0.2, 0.25) is 5.91 Å². The van der Waals surface area contributed by atoms with Crippen LogP contribution in [0.3, 0.4) is 0 Å². The molecule has 0 radical (unpaired) electrons. The van der Waals surface area contributed by atoms with Gasteiger partial charge in [-0.3, -0.25) is 19.6 Å². The Balaban J connectivity index is 1.70. The molecular formula is C15H12ClN5O3S. The predicted molar refractivity (Wildman–Crippen MR) is 94.8 cm³/mol. The van der Waals surface area contributed by atoms with Gasteiger partial charge in [-0.1, -0.05) is 23.7 Å². The molecule has 1 aromatic carbocycles. The minimum atomic E-state index is -0.565. The Morgan fingerprint density at radius 2 is 2.12 bits per heavy atom. The molecule has 0 saturated heterocycles. The van der Waals surface area contributed by atoms with E-state index in [0.29, 0.717) is 10.2 Å². The van der Waals surface area contributed by atoms with Crippen molar-refractivity contribution in [3.63, 3.8) is 0 Å². The van der Waals surface area contributed by atoms with Crippen LogP contribution in [0.1, 0.15) is 4.88 Å². The maximum Gasteiger partial charge on any atom is 0.307 e. The third-order valence-electron chi connectivity index (χ3n) is 3.30. The Bertz CT molecular complexity index is 935. The van der Waals surface area contributed by atoms with Crippen molar-refractivity contribution in [2.24, 2.45) is 0 Å². The van der Waals surface area contributed by atoms with Gasteiger partial charge in [-0.15, -0.1) is 11.3 Å². The molecule has 0 unspecified atom stereocenters. The van der Waals surface area contributed by atoms with Gasteiger partial charge in [-0.05, 0) is 19.1 Å². The number of thiazole rings is 1. The first kappa shape index (κ1) is 17.1. The van der Waals surface area contributed by atoms with Gasteiger partial charge in [0.1, 0.15) is 18.9 Å². The Kier molecular flexibility index (Phi) is 4.77. The molecule has 0 saturated carbocycles. The second-order valence-electron chi connectivity index (χ2n) is 5.13. The SMILES string of the molecule is Cc1sc(NC(=O)Cn2cc([N+](=O)[O-])cn2)nc1-c1ccc(Cl)cc1. The standard InChI is InChI=1S/C15H12ClN5O3S/c1-9-14(10-2-4-11(16)5-3-10)19-15(25-9)18-13(22)8-20-7-12(6-17-20)21(23)24/h2-7H,8H2,1H3,(H,18,19,22). The third kappa shape index (κ3) is 4.01. The third-order valence-corrected chi connectivity index (χ3v) is 4.43. The normalized spacial score (nSPS) is 10.6. The lowest BCUT2D eigenvalue weighted by Crippen LogP contribution is -2.18. The maximum atomic E-state index is 12.1. The van der Waals surface area contributed by atoms with Crippen LogP contribution in [0.4, 0.5) is 10.8 Å². The summed E-state index contributed by atoms with van der Waals surface area (Å²) < 4.78 is 1.20. The van der Waals surface area contributed by atoms with Crippen molar-refractivity contribution in [2.75, 3.05) is 5.32 Å². The zero-order valence-corrected chi connectivity index (χ0v) is 14.5. The fourth-order valence-corrected chi connectivity index (χ4v) is 3.14. The van der Waals surface area contributed by atoms with Gasteiger partial charge in [-0.2, -0.15) is 5.10 Å². The van der Waals surface area contributed by atoms with Gasteiger partial charge in [0, 0.05) is 15.5 Å². The quantitative estimate of drug-likeness (QED) is 0.541. The second kappa shape index (κ2) is 6.99. The van der Waals surface area contributed by atoms with Gasteiger partial charge in [0.25, 0.3) is 0 Å². The van der Waals surface area contributed by atoms with Crippen molar-refractivity contribution in [1.82, 2.24) is 14.8 Å². The summed E-state index contributed by atoms with van der Waals surface area (Å²) in [5.74, 6) is -0.366. The fraction of sp³-hybridized carbons (Fsp3) is 0.133. The number of nitro groups is 1. The van der Waals surface area contributed by atoms with Crippen molar-refractivity contribution in [3.8, 4) is 11.3 Å². The number of aromatic nitrogens is 3. The summed E-state index contributed by atoms with van der Waals surface area (Å²) in [6.45, 7) is 1.77. The molecule has 0 aliphatic rings. The van der Waals surface area contributed by atoms with E-state index in [1.54, 1.807) is 12.1 Å². The topological polar surface area (TPSA) is 103 Å². The van der Waals surface area contributed by atoms with Crippen molar-refractivity contribution in [2.45, 2.75) is 13.5 Å². The number of nitrogens with zero attached hydrogens (tertiary/aromatic N) is 4. The number of benzene rings is 1. The van der Waals surface area contributed by atoms with Gasteiger partial charge in [-0.25, -0.2) is 4.98 Å². The molecule has 2 heterocycles. The van der Waals surface area contributed by atoms with E-state index in [9.17, 15) is 14.9 Å². The summed E-state index contributed by atoms with van der Waals surface area (Å²) in [6.07, 6.45) is 2.30. The first-order valence-corrected chi connectivity index (χ1v) is 8.32. The van der Waals surface area contributed by atoms with Crippen LogP contribution in [0.2, 0.25) is 5.02 Å². The average Bonchev–Trinajstić information content (AvgIpc) is 3.15. The molecule has 25 heavy (non-hydrogen) atoms. The lowest BCUT2D eigenvalue weighted by Gasteiger charge is -2.01. The molecule has 0 bridgehead atoms. The van der Waals surface area contributed by atoms with Crippen LogP contribution in [0.5, 0.6) is 0 Å². The molecule has 0 aliphatic heterocycles. The van der Waals surface area contributed by atoms with Crippen molar-refractivity contribution in [1.29, 1.82) is 0 Å². The number of anilines is 1. The van der Waals surface area contributed by atoms with Crippen LogP contribution in [-0.2, 0) is 11.3 Å². The van der Waals surface area contributed by atoms with Crippen molar-refractivity contribution in [3.05, 3.63) is 56.7 Å². The number of carbonyl (C=O) groups excluding carboxylic acids is 1. The summed E-state index contributed by atoms with van der Waals surface area (Å²) in [7, 11) is 0. The number of rotatable bonds is 5. The Morgan fingerprint density at radius 3 is 2.76 bits per heavy atom. The summed E-state index contributed by atoms with van der Waals surface area (Å²) in [5.41, 5.74) is 1.51. The van der Waals surface area contributed by atoms with Gasteiger partial charge >= 0.3 is 5.69 Å². The minimum Gasteiger partial charge on any atom is -0.300 e. The average molecular weight is 378 g/mol. The number of hydrogen-bond acceptors (Lipinski definition) is 6. The number of nitrogens with one attached hydrogen (secondary N) is 1. The fourth-order valence-electron chi connectivity index (χ4n) is 2.16. The molecule has 0 aliphatic carbocycles. The van der Waals surface area contributed by atoms with Gasteiger partial charge in [0.15, 0.2) is 5.13 Å². The lowest BCUT2D eigenvalue weighted by atomic mass is 10.1. The molecule has 10 heteroatoms. The summed E-state index contributed by atoms with van der Waals surface area (Å²) in [5, 5.41) is 18.2. The van der Waals surface area contributed by atoms with E-state index in [1.807, 2.05) is 19.1 Å². The van der Waals surface area contributed by atoms with E-state index in [1.165, 1.54) is 22.2 Å². The van der Waals surface area contributed by atoms with E-state index in [-0.39, 0.29) is 18.1 Å². The molecule has 3 rings (SSSR count). The van der Waals surface area contributed by atoms with Gasteiger partial charge in [0.05, 0.1) is 10.6 Å². The Morgan fingerprint density at radius 1 is 1.40 bits per heavy atom. The molecule has 0 atom stereocenters. The highest BCUT2D eigenvalue weighted by Crippen LogP contribution is 2.31. The first-order chi connectivity index (χ1) is 11.9. The number of halogens is 1. The number of hydrogen-bond donors (Lipinski definition) is 1. The van der Waals surface area contributed by atoms with E-state index >= 15 is 0 Å². The molecule has 3 aromatic rings. The molecule has 1 amide bonds. The molecular weight excluding hydrogens is 366 g/mol. The highest BCUT2D eigenvalue weighted by molar-refractivity contribution is 7.16. The highest BCUT2D eigenvalue weighted by Gasteiger charge is 2.14. The Labute approximate surface area is 151 Å². The zero-order valence-electron chi connectivity index (χ0n) is 13.0. The van der Waals surface area contributed by atoms with Crippen molar-refractivity contribution < 1.29 is 9.72 Å². The largest absolute Gasteiger partial charge is 0.307 e. The summed E-state index contributed by atoms with van der Waals surface area (Å²) in [4.78, 5) is 27.5. The van der Waals surface area contributed by atoms with Crippen LogP contribution >= 0.6 is 22.9 Å². The van der Waals surface area contributed by atoms with E-state index in [4.69, 9.17) is 11.6 Å². The summed E-state index contributed by atoms with van der Waals surface area (Å²) >= 11 is 7.23. The predicted octanol–water partition coefficient (Wildman–Crippen LogP) is 3.52. The lowest BCUT2D eigenvalue weighted by molar-refractivity contribution is -0.385. The smallest absolute Gasteiger partial charge is 0.300 e. The minimum absolute atomic E-state index is 0.136.